The number of carbonyl (C=O) groups excluding carboxylic acids is 1. The number of nitrogens with zero attached hydrogens (tertiary/aromatic N) is 1. The molecule has 0 saturated carbocycles. The van der Waals surface area contributed by atoms with E-state index in [2.05, 4.69) is 4.99 Å². The molecule has 0 aromatic heterocycles. The van der Waals surface area contributed by atoms with Crippen molar-refractivity contribution in [1.29, 1.82) is 0 Å². The maximum atomic E-state index is 12.1. The van der Waals surface area contributed by atoms with E-state index in [4.69, 9.17) is 37.4 Å². The van der Waals surface area contributed by atoms with Crippen LogP contribution in [0.5, 0.6) is 11.5 Å². The molecule has 0 atom stereocenters. The lowest BCUT2D eigenvalue weighted by molar-refractivity contribution is -0.129. The molecule has 0 aliphatic carbocycles. The number of carbonyl (C=O) groups is 1. The predicted molar refractivity (Wildman–Crippen MR) is 96.6 cm³/mol. The second kappa shape index (κ2) is 7.17. The first-order valence-corrected chi connectivity index (χ1v) is 7.97. The maximum Gasteiger partial charge on any atom is 0.363 e. The topological polar surface area (TPSA) is 57.1 Å². The first-order valence-electron chi connectivity index (χ1n) is 7.22. The molecular formula is C18H13Cl2NO4. The highest BCUT2D eigenvalue weighted by atomic mass is 35.5. The summed E-state index contributed by atoms with van der Waals surface area (Å²) < 4.78 is 15.7. The Morgan fingerprint density at radius 3 is 2.52 bits per heavy atom. The number of ether oxygens (including phenoxy) is 3. The van der Waals surface area contributed by atoms with E-state index in [9.17, 15) is 4.79 Å². The summed E-state index contributed by atoms with van der Waals surface area (Å²) >= 11 is 11.9. The SMILES string of the molecule is COc1ccc(OC)c(/C=C2/N=C(c3ccc(Cl)c(Cl)c3)OC2=O)c1. The van der Waals surface area contributed by atoms with Crippen LogP contribution in [0.4, 0.5) is 0 Å². The summed E-state index contributed by atoms with van der Waals surface area (Å²) in [4.78, 5) is 16.4. The third-order valence-corrected chi connectivity index (χ3v) is 4.26. The fraction of sp³-hybridized carbons (Fsp3) is 0.111. The Morgan fingerprint density at radius 2 is 1.84 bits per heavy atom. The second-order valence-corrected chi connectivity index (χ2v) is 5.89. The Kier molecular flexibility index (Phi) is 4.97. The summed E-state index contributed by atoms with van der Waals surface area (Å²) in [5, 5.41) is 0.761. The van der Waals surface area contributed by atoms with E-state index in [1.54, 1.807) is 56.7 Å². The highest BCUT2D eigenvalue weighted by Gasteiger charge is 2.25. The number of methoxy groups -OCH3 is 2. The Balaban J connectivity index is 2.00. The van der Waals surface area contributed by atoms with Gasteiger partial charge in [0.2, 0.25) is 5.90 Å². The molecule has 7 heteroatoms. The summed E-state index contributed by atoms with van der Waals surface area (Å²) in [6, 6.07) is 10.1. The number of esters is 1. The van der Waals surface area contributed by atoms with Gasteiger partial charge in [-0.15, -0.1) is 0 Å². The number of aliphatic imine (C=N–C) groups is 1. The molecule has 0 amide bonds. The van der Waals surface area contributed by atoms with E-state index >= 15 is 0 Å². The lowest BCUT2D eigenvalue weighted by atomic mass is 10.1. The summed E-state index contributed by atoms with van der Waals surface area (Å²) in [6.45, 7) is 0. The molecule has 2 aromatic rings. The van der Waals surface area contributed by atoms with Gasteiger partial charge >= 0.3 is 5.97 Å². The first-order chi connectivity index (χ1) is 12.0. The van der Waals surface area contributed by atoms with Gasteiger partial charge < -0.3 is 14.2 Å². The minimum Gasteiger partial charge on any atom is -0.497 e. The van der Waals surface area contributed by atoms with Crippen LogP contribution in [0.1, 0.15) is 11.1 Å². The van der Waals surface area contributed by atoms with Crippen molar-refractivity contribution in [3.63, 3.8) is 0 Å². The van der Waals surface area contributed by atoms with Crippen LogP contribution in [0.3, 0.4) is 0 Å². The van der Waals surface area contributed by atoms with Crippen LogP contribution in [-0.4, -0.2) is 26.1 Å². The highest BCUT2D eigenvalue weighted by Crippen LogP contribution is 2.29. The summed E-state index contributed by atoms with van der Waals surface area (Å²) in [7, 11) is 3.10. The molecular weight excluding hydrogens is 365 g/mol. The molecule has 0 N–H and O–H groups in total. The van der Waals surface area contributed by atoms with Crippen molar-refractivity contribution in [2.45, 2.75) is 0 Å². The summed E-state index contributed by atoms with van der Waals surface area (Å²) in [5.74, 6) is 0.814. The molecule has 128 valence electrons. The predicted octanol–water partition coefficient (Wildman–Crippen LogP) is 4.36. The number of rotatable bonds is 4. The lowest BCUT2D eigenvalue weighted by Crippen LogP contribution is -2.05. The van der Waals surface area contributed by atoms with E-state index in [0.29, 0.717) is 32.7 Å². The smallest absolute Gasteiger partial charge is 0.363 e. The molecule has 0 radical (unpaired) electrons. The van der Waals surface area contributed by atoms with E-state index < -0.39 is 5.97 Å². The highest BCUT2D eigenvalue weighted by molar-refractivity contribution is 6.42. The van der Waals surface area contributed by atoms with Gasteiger partial charge in [-0.1, -0.05) is 23.2 Å². The van der Waals surface area contributed by atoms with Crippen LogP contribution in [0.2, 0.25) is 10.0 Å². The van der Waals surface area contributed by atoms with Crippen molar-refractivity contribution in [3.05, 3.63) is 63.3 Å². The van der Waals surface area contributed by atoms with E-state index in [-0.39, 0.29) is 11.6 Å². The van der Waals surface area contributed by atoms with Gasteiger partial charge in [0.05, 0.1) is 24.3 Å². The molecule has 1 heterocycles. The van der Waals surface area contributed by atoms with Crippen molar-refractivity contribution in [3.8, 4) is 11.5 Å². The number of halogens is 2. The molecule has 2 aromatic carbocycles. The fourth-order valence-corrected chi connectivity index (χ4v) is 2.56. The van der Waals surface area contributed by atoms with Crippen molar-refractivity contribution in [2.75, 3.05) is 14.2 Å². The zero-order valence-electron chi connectivity index (χ0n) is 13.4. The first kappa shape index (κ1) is 17.3. The van der Waals surface area contributed by atoms with E-state index in [1.165, 1.54) is 0 Å². The average molecular weight is 378 g/mol. The Bertz CT molecular complexity index is 906. The van der Waals surface area contributed by atoms with Gasteiger partial charge in [-0.3, -0.25) is 0 Å². The standard InChI is InChI=1S/C18H13Cl2NO4/c1-23-12-4-6-16(24-2)11(7-12)9-15-18(22)25-17(21-15)10-3-5-13(19)14(20)8-10/h3-9H,1-2H3/b15-9+. The molecule has 1 aliphatic rings. The normalized spacial score (nSPS) is 15.1. The Hall–Kier alpha value is -2.50. The minimum absolute atomic E-state index is 0.146. The van der Waals surface area contributed by atoms with Crippen LogP contribution in [0.15, 0.2) is 47.1 Å². The number of cyclic esters (lactones) is 1. The largest absolute Gasteiger partial charge is 0.497 e. The second-order valence-electron chi connectivity index (χ2n) is 5.07. The maximum absolute atomic E-state index is 12.1. The minimum atomic E-state index is -0.564. The van der Waals surface area contributed by atoms with Crippen molar-refractivity contribution >= 4 is 41.1 Å². The third kappa shape index (κ3) is 3.62. The van der Waals surface area contributed by atoms with Crippen LogP contribution < -0.4 is 9.47 Å². The van der Waals surface area contributed by atoms with Crippen LogP contribution in [0, 0.1) is 0 Å². The zero-order valence-corrected chi connectivity index (χ0v) is 14.9. The monoisotopic (exact) mass is 377 g/mol. The third-order valence-electron chi connectivity index (χ3n) is 3.52. The molecule has 3 rings (SSSR count). The molecule has 25 heavy (non-hydrogen) atoms. The number of hydrogen-bond donors (Lipinski definition) is 0. The van der Waals surface area contributed by atoms with Gasteiger partial charge in [0.1, 0.15) is 11.5 Å². The average Bonchev–Trinajstić information content (AvgIpc) is 2.98. The molecule has 0 spiro atoms. The van der Waals surface area contributed by atoms with Gasteiger partial charge in [-0.05, 0) is 42.5 Å². The molecule has 0 saturated heterocycles. The van der Waals surface area contributed by atoms with Crippen LogP contribution in [0.25, 0.3) is 6.08 Å². The Morgan fingerprint density at radius 1 is 1.04 bits per heavy atom. The molecule has 5 nitrogen and oxygen atoms in total. The number of benzene rings is 2. The quantitative estimate of drug-likeness (QED) is 0.586. The van der Waals surface area contributed by atoms with Crippen molar-refractivity contribution in [1.82, 2.24) is 0 Å². The van der Waals surface area contributed by atoms with E-state index in [1.807, 2.05) is 0 Å². The van der Waals surface area contributed by atoms with Gasteiger partial charge in [-0.2, -0.15) is 0 Å². The number of hydrogen-bond acceptors (Lipinski definition) is 5. The molecule has 0 fully saturated rings. The van der Waals surface area contributed by atoms with Crippen LogP contribution in [-0.2, 0) is 9.53 Å². The Labute approximate surface area is 154 Å². The van der Waals surface area contributed by atoms with E-state index in [0.717, 1.165) is 0 Å². The van der Waals surface area contributed by atoms with Crippen molar-refractivity contribution in [2.24, 2.45) is 4.99 Å². The van der Waals surface area contributed by atoms with Gasteiger partial charge in [-0.25, -0.2) is 9.79 Å². The van der Waals surface area contributed by atoms with Gasteiger partial charge in [0.15, 0.2) is 5.70 Å². The molecule has 1 aliphatic heterocycles. The van der Waals surface area contributed by atoms with Crippen LogP contribution >= 0.6 is 23.2 Å². The molecule has 0 unspecified atom stereocenters. The molecule has 0 bridgehead atoms. The van der Waals surface area contributed by atoms with Gasteiger partial charge in [0, 0.05) is 11.1 Å². The zero-order chi connectivity index (χ0) is 18.0. The summed E-state index contributed by atoms with van der Waals surface area (Å²) in [5.41, 5.74) is 1.35. The van der Waals surface area contributed by atoms with Crippen molar-refractivity contribution < 1.29 is 19.0 Å². The van der Waals surface area contributed by atoms with Gasteiger partial charge in [0.25, 0.3) is 0 Å². The fourth-order valence-electron chi connectivity index (χ4n) is 2.26. The lowest BCUT2D eigenvalue weighted by Gasteiger charge is -2.07. The summed E-state index contributed by atoms with van der Waals surface area (Å²) in [6.07, 6.45) is 1.58.